The van der Waals surface area contributed by atoms with Crippen molar-refractivity contribution in [3.8, 4) is 5.75 Å². The number of amides is 1. The molecule has 3 N–H and O–H groups in total. The topological polar surface area (TPSA) is 141 Å². The number of nitrogens with one attached hydrogen (secondary N) is 2. The molecule has 0 saturated heterocycles. The Labute approximate surface area is 204 Å². The number of azide groups is 1. The largest absolute Gasteiger partial charge is 0.494 e. The van der Waals surface area contributed by atoms with Crippen LogP contribution in [0.1, 0.15) is 43.4 Å². The Kier molecular flexibility index (Phi) is 9.25. The Morgan fingerprint density at radius 2 is 2.11 bits per heavy atom. The molecule has 10 heteroatoms. The summed E-state index contributed by atoms with van der Waals surface area (Å²) in [5.74, 6) is 0.538. The first-order chi connectivity index (χ1) is 17.1. The number of carbonyl (C=O) groups is 1. The predicted molar refractivity (Wildman–Crippen MR) is 133 cm³/mol. The van der Waals surface area contributed by atoms with Gasteiger partial charge in [0, 0.05) is 47.7 Å². The van der Waals surface area contributed by atoms with Crippen LogP contribution < -0.4 is 15.6 Å². The molecule has 0 aromatic heterocycles. The standard InChI is InChI=1S/C25H30N6O4/c1-3-14-25(24(33)30-27-15-4-2)22(20-8-5-6-9-21(20)29-31-26)35-23(28-25)18-10-12-19(13-11-18)34-17-7-16-32/h3,5-6,8-13,22,27,32H,1,4,7,14-17H2,2H3,(H,30,33)/t22-,25-/m0/s1. The van der Waals surface area contributed by atoms with Gasteiger partial charge in [-0.25, -0.2) is 10.4 Å². The van der Waals surface area contributed by atoms with E-state index in [4.69, 9.17) is 25.1 Å². The Bertz CT molecular complexity index is 1100. The number of hydrogen-bond acceptors (Lipinski definition) is 7. The number of nitrogens with zero attached hydrogens (tertiary/aromatic N) is 4. The maximum absolute atomic E-state index is 13.5. The Morgan fingerprint density at radius 1 is 1.34 bits per heavy atom. The highest BCUT2D eigenvalue weighted by Gasteiger charge is 2.53. The van der Waals surface area contributed by atoms with Gasteiger partial charge in [-0.05, 0) is 36.2 Å². The second-order valence-corrected chi connectivity index (χ2v) is 7.91. The van der Waals surface area contributed by atoms with Crippen molar-refractivity contribution in [3.63, 3.8) is 0 Å². The van der Waals surface area contributed by atoms with E-state index in [1.165, 1.54) is 0 Å². The van der Waals surface area contributed by atoms with Crippen molar-refractivity contribution in [2.24, 2.45) is 10.1 Å². The molecule has 2 aromatic carbocycles. The van der Waals surface area contributed by atoms with Crippen molar-refractivity contribution in [3.05, 3.63) is 82.8 Å². The number of hydrogen-bond donors (Lipinski definition) is 3. The SMILES string of the molecule is C=CC[C@]1(C(=O)NNCCC)N=C(c2ccc(OCCCO)cc2)O[C@H]1c1ccccc1N=[N+]=[N-]. The Balaban J connectivity index is 2.02. The molecule has 1 heterocycles. The third-order valence-corrected chi connectivity index (χ3v) is 5.43. The Hall–Kier alpha value is -3.85. The molecule has 1 aliphatic rings. The average Bonchev–Trinajstić information content (AvgIpc) is 3.26. The van der Waals surface area contributed by atoms with Gasteiger partial charge in [-0.1, -0.05) is 42.4 Å². The first-order valence-corrected chi connectivity index (χ1v) is 11.5. The van der Waals surface area contributed by atoms with E-state index in [1.54, 1.807) is 54.6 Å². The zero-order valence-electron chi connectivity index (χ0n) is 19.7. The summed E-state index contributed by atoms with van der Waals surface area (Å²) in [5, 5.41) is 12.7. The van der Waals surface area contributed by atoms with Gasteiger partial charge in [-0.15, -0.1) is 6.58 Å². The first kappa shape index (κ1) is 25.8. The minimum absolute atomic E-state index is 0.0575. The van der Waals surface area contributed by atoms with Crippen molar-refractivity contribution in [1.82, 2.24) is 10.9 Å². The molecule has 0 unspecified atom stereocenters. The van der Waals surface area contributed by atoms with Crippen LogP contribution in [-0.4, -0.2) is 42.2 Å². The number of hydrazine groups is 1. The highest BCUT2D eigenvalue weighted by atomic mass is 16.5. The highest BCUT2D eigenvalue weighted by molar-refractivity contribution is 6.01. The number of aliphatic hydroxyl groups excluding tert-OH is 1. The summed E-state index contributed by atoms with van der Waals surface area (Å²) in [4.78, 5) is 21.2. The summed E-state index contributed by atoms with van der Waals surface area (Å²) in [6, 6.07) is 14.1. The second kappa shape index (κ2) is 12.6. The maximum Gasteiger partial charge on any atom is 0.266 e. The van der Waals surface area contributed by atoms with E-state index < -0.39 is 11.6 Å². The molecule has 0 saturated carbocycles. The quantitative estimate of drug-likeness (QED) is 0.0985. The smallest absolute Gasteiger partial charge is 0.266 e. The van der Waals surface area contributed by atoms with Crippen molar-refractivity contribution in [2.75, 3.05) is 19.8 Å². The third kappa shape index (κ3) is 5.99. The van der Waals surface area contributed by atoms with E-state index >= 15 is 0 Å². The zero-order valence-corrected chi connectivity index (χ0v) is 19.7. The van der Waals surface area contributed by atoms with Crippen LogP contribution in [0, 0.1) is 0 Å². The lowest BCUT2D eigenvalue weighted by atomic mass is 9.84. The van der Waals surface area contributed by atoms with Crippen LogP contribution in [0.5, 0.6) is 5.75 Å². The molecule has 1 aliphatic heterocycles. The fourth-order valence-corrected chi connectivity index (χ4v) is 3.74. The van der Waals surface area contributed by atoms with E-state index in [0.29, 0.717) is 42.1 Å². The van der Waals surface area contributed by atoms with Crippen LogP contribution in [0.2, 0.25) is 0 Å². The third-order valence-electron chi connectivity index (χ3n) is 5.43. The molecule has 184 valence electrons. The predicted octanol–water partition coefficient (Wildman–Crippen LogP) is 4.25. The van der Waals surface area contributed by atoms with Gasteiger partial charge in [0.25, 0.3) is 5.91 Å². The molecule has 0 spiro atoms. The maximum atomic E-state index is 13.5. The van der Waals surface area contributed by atoms with Gasteiger partial charge in [-0.3, -0.25) is 10.2 Å². The Morgan fingerprint density at radius 3 is 2.80 bits per heavy atom. The number of aliphatic imine (C=N–C) groups is 1. The lowest BCUT2D eigenvalue weighted by molar-refractivity contribution is -0.129. The molecular formula is C25H30N6O4. The van der Waals surface area contributed by atoms with E-state index in [-0.39, 0.29) is 24.8 Å². The fourth-order valence-electron chi connectivity index (χ4n) is 3.74. The number of ether oxygens (including phenoxy) is 2. The number of benzene rings is 2. The molecule has 1 amide bonds. The van der Waals surface area contributed by atoms with E-state index in [0.717, 1.165) is 6.42 Å². The monoisotopic (exact) mass is 478 g/mol. The molecule has 2 aromatic rings. The van der Waals surface area contributed by atoms with Crippen LogP contribution >= 0.6 is 0 Å². The normalized spacial score (nSPS) is 18.7. The van der Waals surface area contributed by atoms with Gasteiger partial charge in [0.1, 0.15) is 5.75 Å². The molecule has 35 heavy (non-hydrogen) atoms. The van der Waals surface area contributed by atoms with Gasteiger partial charge in [0.15, 0.2) is 11.6 Å². The average molecular weight is 479 g/mol. The van der Waals surface area contributed by atoms with E-state index in [2.05, 4.69) is 27.5 Å². The molecule has 0 bridgehead atoms. The first-order valence-electron chi connectivity index (χ1n) is 11.5. The van der Waals surface area contributed by atoms with Crippen LogP contribution in [0.4, 0.5) is 5.69 Å². The minimum Gasteiger partial charge on any atom is -0.494 e. The summed E-state index contributed by atoms with van der Waals surface area (Å²) in [5.41, 5.74) is 14.9. The lowest BCUT2D eigenvalue weighted by Crippen LogP contribution is -2.52. The van der Waals surface area contributed by atoms with Gasteiger partial charge in [0.2, 0.25) is 5.90 Å². The van der Waals surface area contributed by atoms with Gasteiger partial charge in [-0.2, -0.15) is 0 Å². The molecule has 2 atom stereocenters. The van der Waals surface area contributed by atoms with Crippen LogP contribution in [-0.2, 0) is 9.53 Å². The van der Waals surface area contributed by atoms with Crippen LogP contribution in [0.15, 0.2) is 71.3 Å². The molecule has 3 rings (SSSR count). The zero-order chi connectivity index (χ0) is 25.1. The van der Waals surface area contributed by atoms with Gasteiger partial charge >= 0.3 is 0 Å². The van der Waals surface area contributed by atoms with Gasteiger partial charge in [0.05, 0.1) is 6.61 Å². The fraction of sp³-hybridized carbons (Fsp3) is 0.360. The van der Waals surface area contributed by atoms with Crippen LogP contribution in [0.3, 0.4) is 0 Å². The number of carbonyl (C=O) groups excluding carboxylic acids is 1. The lowest BCUT2D eigenvalue weighted by Gasteiger charge is -2.30. The van der Waals surface area contributed by atoms with Crippen molar-refractivity contribution in [2.45, 2.75) is 37.8 Å². The molecule has 0 aliphatic carbocycles. The van der Waals surface area contributed by atoms with Crippen molar-refractivity contribution < 1.29 is 19.4 Å². The number of rotatable bonds is 13. The molecule has 0 fully saturated rings. The summed E-state index contributed by atoms with van der Waals surface area (Å²) in [7, 11) is 0. The van der Waals surface area contributed by atoms with Crippen molar-refractivity contribution >= 4 is 17.5 Å². The summed E-state index contributed by atoms with van der Waals surface area (Å²) in [6.07, 6.45) is 2.32. The van der Waals surface area contributed by atoms with Crippen molar-refractivity contribution in [1.29, 1.82) is 0 Å². The summed E-state index contributed by atoms with van der Waals surface area (Å²) in [6.45, 7) is 6.88. The summed E-state index contributed by atoms with van der Waals surface area (Å²) < 4.78 is 11.9. The minimum atomic E-state index is -1.38. The summed E-state index contributed by atoms with van der Waals surface area (Å²) >= 11 is 0. The van der Waals surface area contributed by atoms with E-state index in [1.807, 2.05) is 6.92 Å². The van der Waals surface area contributed by atoms with E-state index in [9.17, 15) is 4.79 Å². The number of aliphatic hydroxyl groups is 1. The molecule has 10 nitrogen and oxygen atoms in total. The van der Waals surface area contributed by atoms with Crippen LogP contribution in [0.25, 0.3) is 10.4 Å². The molecule has 0 radical (unpaired) electrons. The second-order valence-electron chi connectivity index (χ2n) is 7.91. The highest BCUT2D eigenvalue weighted by Crippen LogP contribution is 2.45. The molecular weight excluding hydrogens is 448 g/mol. The van der Waals surface area contributed by atoms with Gasteiger partial charge < -0.3 is 14.6 Å².